The number of methoxy groups -OCH3 is 1. The Morgan fingerprint density at radius 3 is 2.70 bits per heavy atom. The fourth-order valence-corrected chi connectivity index (χ4v) is 4.55. The van der Waals surface area contributed by atoms with Crippen molar-refractivity contribution in [2.45, 2.75) is 44.6 Å². The molecule has 0 spiro atoms. The number of hydrogen-bond acceptors (Lipinski definition) is 4. The molecule has 2 saturated heterocycles. The Balaban J connectivity index is 1.69. The lowest BCUT2D eigenvalue weighted by atomic mass is 9.85. The van der Waals surface area contributed by atoms with Crippen molar-refractivity contribution >= 4 is 11.6 Å². The zero-order valence-corrected chi connectivity index (χ0v) is 16.0. The minimum absolute atomic E-state index is 0.0868. The zero-order chi connectivity index (χ0) is 19.2. The molecule has 1 aromatic carbocycles. The summed E-state index contributed by atoms with van der Waals surface area (Å²) in [4.78, 5) is 16.7. The van der Waals surface area contributed by atoms with Gasteiger partial charge in [0.1, 0.15) is 24.1 Å². The van der Waals surface area contributed by atoms with Crippen molar-refractivity contribution in [3.05, 3.63) is 29.6 Å². The number of likely N-dealkylation sites (tertiary alicyclic amines) is 1. The molecule has 0 saturated carbocycles. The van der Waals surface area contributed by atoms with Gasteiger partial charge in [0.2, 0.25) is 5.91 Å². The van der Waals surface area contributed by atoms with E-state index < -0.39 is 5.82 Å². The van der Waals surface area contributed by atoms with Gasteiger partial charge in [-0.3, -0.25) is 4.79 Å². The molecule has 0 aromatic heterocycles. The van der Waals surface area contributed by atoms with Crippen LogP contribution in [0.15, 0.2) is 18.2 Å². The molecule has 2 heterocycles. The Kier molecular flexibility index (Phi) is 6.68. The first-order chi connectivity index (χ1) is 13.2. The lowest BCUT2D eigenvalue weighted by Crippen LogP contribution is -2.49. The highest BCUT2D eigenvalue weighted by Gasteiger charge is 2.34. The van der Waals surface area contributed by atoms with Crippen LogP contribution in [0.25, 0.3) is 0 Å². The molecule has 2 fully saturated rings. The second-order valence-corrected chi connectivity index (χ2v) is 7.51. The fraction of sp³-hybridized carbons (Fsp3) is 0.619. The normalized spacial score (nSPS) is 21.6. The van der Waals surface area contributed by atoms with Crippen LogP contribution in [0.1, 0.15) is 44.1 Å². The number of piperidine rings is 1. The van der Waals surface area contributed by atoms with E-state index in [1.54, 1.807) is 13.2 Å². The number of hydrogen-bond donors (Lipinski definition) is 0. The molecule has 2 aliphatic heterocycles. The van der Waals surface area contributed by atoms with Crippen molar-refractivity contribution in [2.24, 2.45) is 5.92 Å². The summed E-state index contributed by atoms with van der Waals surface area (Å²) in [7, 11) is 1.56. The molecule has 3 rings (SSSR count). The number of rotatable bonds is 4. The van der Waals surface area contributed by atoms with Crippen LogP contribution in [-0.4, -0.2) is 50.2 Å². The fourth-order valence-electron chi connectivity index (χ4n) is 4.55. The zero-order valence-electron chi connectivity index (χ0n) is 16.0. The summed E-state index contributed by atoms with van der Waals surface area (Å²) in [5.74, 6) is 0.0696. The van der Waals surface area contributed by atoms with E-state index >= 15 is 0 Å². The smallest absolute Gasteiger partial charge is 0.248 e. The van der Waals surface area contributed by atoms with E-state index in [1.165, 1.54) is 12.5 Å². The van der Waals surface area contributed by atoms with Crippen LogP contribution in [0.3, 0.4) is 0 Å². The number of carbonyl (C=O) groups is 1. The maximum atomic E-state index is 13.9. The molecule has 0 bridgehead atoms. The molecule has 1 amide bonds. The number of ether oxygens (including phenoxy) is 1. The van der Waals surface area contributed by atoms with Gasteiger partial charge in [-0.15, -0.1) is 0 Å². The van der Waals surface area contributed by atoms with Crippen molar-refractivity contribution in [1.29, 1.82) is 5.26 Å². The van der Waals surface area contributed by atoms with Crippen LogP contribution < -0.4 is 4.90 Å². The van der Waals surface area contributed by atoms with E-state index in [9.17, 15) is 14.4 Å². The third-order valence-corrected chi connectivity index (χ3v) is 5.92. The monoisotopic (exact) mass is 373 g/mol. The van der Waals surface area contributed by atoms with Gasteiger partial charge < -0.3 is 14.5 Å². The lowest BCUT2D eigenvalue weighted by molar-refractivity contribution is -0.138. The van der Waals surface area contributed by atoms with E-state index in [0.717, 1.165) is 51.7 Å². The van der Waals surface area contributed by atoms with Gasteiger partial charge in [0, 0.05) is 32.8 Å². The summed E-state index contributed by atoms with van der Waals surface area (Å²) in [5.41, 5.74) is 0.812. The highest BCUT2D eigenvalue weighted by molar-refractivity contribution is 5.77. The molecule has 5 nitrogen and oxygen atoms in total. The van der Waals surface area contributed by atoms with Crippen molar-refractivity contribution in [3.63, 3.8) is 0 Å². The number of amides is 1. The molecule has 2 aliphatic rings. The van der Waals surface area contributed by atoms with Crippen molar-refractivity contribution < 1.29 is 13.9 Å². The van der Waals surface area contributed by atoms with Gasteiger partial charge in [-0.25, -0.2) is 4.39 Å². The molecular weight excluding hydrogens is 345 g/mol. The number of nitriles is 1. The standard InChI is InChI=1S/C21H28FN3O2/c1-27-15-21(26)25-11-4-2-3-7-19(25)16-9-12-24(13-10-16)20-8-5-6-18(22)17(20)14-23/h5-6,8,16,19H,2-4,7,9-13,15H2,1H3/t19-/m1/s1. The summed E-state index contributed by atoms with van der Waals surface area (Å²) in [5, 5.41) is 9.29. The second kappa shape index (κ2) is 9.18. The van der Waals surface area contributed by atoms with Gasteiger partial charge in [-0.05, 0) is 43.7 Å². The van der Waals surface area contributed by atoms with Crippen molar-refractivity contribution in [1.82, 2.24) is 4.90 Å². The molecule has 0 unspecified atom stereocenters. The number of benzene rings is 1. The molecule has 0 radical (unpaired) electrons. The van der Waals surface area contributed by atoms with Crippen molar-refractivity contribution in [3.8, 4) is 6.07 Å². The summed E-state index contributed by atoms with van der Waals surface area (Å²) < 4.78 is 19.0. The predicted octanol–water partition coefficient (Wildman–Crippen LogP) is 3.33. The number of anilines is 1. The summed E-state index contributed by atoms with van der Waals surface area (Å²) in [6.45, 7) is 2.52. The van der Waals surface area contributed by atoms with E-state index in [0.29, 0.717) is 11.6 Å². The molecule has 0 N–H and O–H groups in total. The van der Waals surface area contributed by atoms with Crippen LogP contribution in [0.2, 0.25) is 0 Å². The molecule has 1 aromatic rings. The lowest BCUT2D eigenvalue weighted by Gasteiger charge is -2.41. The number of carbonyl (C=O) groups excluding carboxylic acids is 1. The first-order valence-electron chi connectivity index (χ1n) is 9.87. The Morgan fingerprint density at radius 1 is 1.22 bits per heavy atom. The summed E-state index contributed by atoms with van der Waals surface area (Å²) in [6, 6.07) is 7.08. The summed E-state index contributed by atoms with van der Waals surface area (Å²) >= 11 is 0. The molecule has 27 heavy (non-hydrogen) atoms. The Morgan fingerprint density at radius 2 is 2.00 bits per heavy atom. The van der Waals surface area contributed by atoms with Crippen LogP contribution in [0.5, 0.6) is 0 Å². The maximum Gasteiger partial charge on any atom is 0.248 e. The molecule has 0 aliphatic carbocycles. The van der Waals surface area contributed by atoms with Crippen LogP contribution in [-0.2, 0) is 9.53 Å². The Labute approximate surface area is 160 Å². The van der Waals surface area contributed by atoms with Gasteiger partial charge in [0.15, 0.2) is 0 Å². The molecule has 1 atom stereocenters. The number of halogens is 1. The van der Waals surface area contributed by atoms with Gasteiger partial charge in [-0.2, -0.15) is 5.26 Å². The average molecular weight is 373 g/mol. The van der Waals surface area contributed by atoms with E-state index in [-0.39, 0.29) is 24.1 Å². The topological polar surface area (TPSA) is 56.6 Å². The highest BCUT2D eigenvalue weighted by Crippen LogP contribution is 2.33. The SMILES string of the molecule is COCC(=O)N1CCCCC[C@@H]1C1CCN(c2cccc(F)c2C#N)CC1. The quantitative estimate of drug-likeness (QED) is 0.812. The largest absolute Gasteiger partial charge is 0.375 e. The number of nitrogens with zero attached hydrogens (tertiary/aromatic N) is 3. The average Bonchev–Trinajstić information content (AvgIpc) is 2.94. The van der Waals surface area contributed by atoms with E-state index in [1.807, 2.05) is 17.0 Å². The predicted molar refractivity (Wildman–Crippen MR) is 102 cm³/mol. The first kappa shape index (κ1) is 19.6. The van der Waals surface area contributed by atoms with Gasteiger partial charge in [0.05, 0.1) is 5.69 Å². The Bertz CT molecular complexity index is 695. The molecule has 146 valence electrons. The maximum absolute atomic E-state index is 13.9. The summed E-state index contributed by atoms with van der Waals surface area (Å²) in [6.07, 6.45) is 6.32. The van der Waals surface area contributed by atoms with Gasteiger partial charge in [0.25, 0.3) is 0 Å². The van der Waals surface area contributed by atoms with Crippen molar-refractivity contribution in [2.75, 3.05) is 38.3 Å². The minimum atomic E-state index is -0.461. The third kappa shape index (κ3) is 4.41. The van der Waals surface area contributed by atoms with Crippen LogP contribution in [0, 0.1) is 23.1 Å². The second-order valence-electron chi connectivity index (χ2n) is 7.51. The highest BCUT2D eigenvalue weighted by atomic mass is 19.1. The minimum Gasteiger partial charge on any atom is -0.375 e. The van der Waals surface area contributed by atoms with Gasteiger partial charge in [-0.1, -0.05) is 18.9 Å². The van der Waals surface area contributed by atoms with E-state index in [2.05, 4.69) is 4.90 Å². The molecule has 6 heteroatoms. The van der Waals surface area contributed by atoms with Crippen LogP contribution >= 0.6 is 0 Å². The van der Waals surface area contributed by atoms with Gasteiger partial charge >= 0.3 is 0 Å². The molecular formula is C21H28FN3O2. The Hall–Kier alpha value is -2.13. The first-order valence-corrected chi connectivity index (χ1v) is 9.87. The van der Waals surface area contributed by atoms with Crippen LogP contribution in [0.4, 0.5) is 10.1 Å². The third-order valence-electron chi connectivity index (χ3n) is 5.92. The van der Waals surface area contributed by atoms with E-state index in [4.69, 9.17) is 4.74 Å².